The van der Waals surface area contributed by atoms with Crippen molar-refractivity contribution in [3.8, 4) is 23.1 Å². The molecule has 1 aromatic heterocycles. The molecular formula is C25H18N2O2. The van der Waals surface area contributed by atoms with E-state index in [2.05, 4.69) is 6.07 Å². The molecule has 0 radical (unpaired) electrons. The molecule has 0 spiro atoms. The number of allylic oxidation sites excluding steroid dienone is 1. The van der Waals surface area contributed by atoms with Crippen LogP contribution in [-0.2, 0) is 7.05 Å². The van der Waals surface area contributed by atoms with Crippen LogP contribution in [0.15, 0.2) is 84.4 Å². The van der Waals surface area contributed by atoms with E-state index in [1.165, 1.54) is 12.1 Å². The number of nitrogens with zero attached hydrogens (tertiary/aromatic N) is 2. The summed E-state index contributed by atoms with van der Waals surface area (Å²) in [6, 6.07) is 25.9. The third-order valence-electron chi connectivity index (χ3n) is 4.95. The summed E-state index contributed by atoms with van der Waals surface area (Å²) >= 11 is 0. The largest absolute Gasteiger partial charge is 0.508 e. The molecular weight excluding hydrogens is 360 g/mol. The molecule has 3 aromatic carbocycles. The molecule has 0 unspecified atom stereocenters. The molecule has 0 bridgehead atoms. The molecule has 29 heavy (non-hydrogen) atoms. The number of carbonyl (C=O) groups excluding carboxylic acids is 1. The minimum Gasteiger partial charge on any atom is -0.508 e. The standard InChI is InChI=1S/C25H18N2O2/c1-27-22-10-6-5-9-21(22)23(24(27)18-7-3-2-4-8-18)25(29)19(16-26)15-17-11-13-20(28)14-12-17/h2-15,28H,1H3. The predicted molar refractivity (Wildman–Crippen MR) is 114 cm³/mol. The monoisotopic (exact) mass is 378 g/mol. The minimum absolute atomic E-state index is 0.0456. The second kappa shape index (κ2) is 7.49. The molecule has 140 valence electrons. The van der Waals surface area contributed by atoms with Crippen molar-refractivity contribution in [3.05, 3.63) is 95.6 Å². The summed E-state index contributed by atoms with van der Waals surface area (Å²) in [4.78, 5) is 13.5. The lowest BCUT2D eigenvalue weighted by atomic mass is 9.96. The molecule has 0 atom stereocenters. The highest BCUT2D eigenvalue weighted by atomic mass is 16.3. The van der Waals surface area contributed by atoms with E-state index in [9.17, 15) is 15.2 Å². The molecule has 1 heterocycles. The van der Waals surface area contributed by atoms with Gasteiger partial charge in [0, 0.05) is 18.0 Å². The third-order valence-corrected chi connectivity index (χ3v) is 4.95. The summed E-state index contributed by atoms with van der Waals surface area (Å²) in [5, 5.41) is 20.0. The van der Waals surface area contributed by atoms with Crippen molar-refractivity contribution >= 4 is 22.8 Å². The predicted octanol–water partition coefficient (Wildman–Crippen LogP) is 5.34. The fraction of sp³-hybridized carbons (Fsp3) is 0.0400. The van der Waals surface area contributed by atoms with Crippen LogP contribution in [0.1, 0.15) is 15.9 Å². The molecule has 4 nitrogen and oxygen atoms in total. The Morgan fingerprint density at radius 3 is 2.31 bits per heavy atom. The van der Waals surface area contributed by atoms with E-state index in [4.69, 9.17) is 0 Å². The number of rotatable bonds is 4. The molecule has 0 fully saturated rings. The summed E-state index contributed by atoms with van der Waals surface area (Å²) in [5.41, 5.74) is 3.86. The van der Waals surface area contributed by atoms with Crippen molar-refractivity contribution in [2.24, 2.45) is 7.05 Å². The second-order valence-electron chi connectivity index (χ2n) is 6.76. The number of fused-ring (bicyclic) bond motifs is 1. The average Bonchev–Trinajstić information content (AvgIpc) is 3.06. The van der Waals surface area contributed by atoms with E-state index in [1.54, 1.807) is 18.2 Å². The molecule has 4 rings (SSSR count). The van der Waals surface area contributed by atoms with Gasteiger partial charge in [0.15, 0.2) is 0 Å². The molecule has 1 N–H and O–H groups in total. The van der Waals surface area contributed by atoms with Crippen LogP contribution in [0.4, 0.5) is 0 Å². The van der Waals surface area contributed by atoms with E-state index in [1.807, 2.05) is 66.2 Å². The number of ketones is 1. The van der Waals surface area contributed by atoms with Crippen LogP contribution in [0.3, 0.4) is 0 Å². The lowest BCUT2D eigenvalue weighted by Crippen LogP contribution is -2.04. The van der Waals surface area contributed by atoms with Gasteiger partial charge in [-0.3, -0.25) is 4.79 Å². The number of carbonyl (C=O) groups is 1. The fourth-order valence-electron chi connectivity index (χ4n) is 3.58. The van der Waals surface area contributed by atoms with Crippen molar-refractivity contribution in [1.29, 1.82) is 5.26 Å². The Hall–Kier alpha value is -4.10. The zero-order valence-corrected chi connectivity index (χ0v) is 15.8. The number of aromatic nitrogens is 1. The van der Waals surface area contributed by atoms with Gasteiger partial charge in [0.2, 0.25) is 5.78 Å². The summed E-state index contributed by atoms with van der Waals surface area (Å²) < 4.78 is 1.99. The molecule has 4 aromatic rings. The maximum Gasteiger partial charge on any atom is 0.206 e. The summed E-state index contributed by atoms with van der Waals surface area (Å²) in [6.07, 6.45) is 1.55. The van der Waals surface area contributed by atoms with E-state index >= 15 is 0 Å². The molecule has 0 amide bonds. The van der Waals surface area contributed by atoms with E-state index in [0.717, 1.165) is 22.2 Å². The van der Waals surface area contributed by atoms with Crippen LogP contribution in [0, 0.1) is 11.3 Å². The summed E-state index contributed by atoms with van der Waals surface area (Å²) in [5.74, 6) is -0.191. The van der Waals surface area contributed by atoms with E-state index in [-0.39, 0.29) is 17.1 Å². The maximum absolute atomic E-state index is 13.5. The quantitative estimate of drug-likeness (QED) is 0.296. The Balaban J connectivity index is 1.94. The Morgan fingerprint density at radius 1 is 0.966 bits per heavy atom. The number of phenols is 1. The van der Waals surface area contributed by atoms with Crippen molar-refractivity contribution in [2.75, 3.05) is 0 Å². The Labute approximate surface area is 168 Å². The number of aromatic hydroxyl groups is 1. The van der Waals surface area contributed by atoms with Crippen LogP contribution in [0.5, 0.6) is 5.75 Å². The highest BCUT2D eigenvalue weighted by molar-refractivity contribution is 6.23. The topological polar surface area (TPSA) is 66.0 Å². The highest BCUT2D eigenvalue weighted by Gasteiger charge is 2.24. The number of para-hydroxylation sites is 1. The van der Waals surface area contributed by atoms with Crippen LogP contribution in [-0.4, -0.2) is 15.5 Å². The van der Waals surface area contributed by atoms with Crippen LogP contribution in [0.2, 0.25) is 0 Å². The SMILES string of the molecule is Cn1c(-c2ccccc2)c(C(=O)C(C#N)=Cc2ccc(O)cc2)c2ccccc21. The van der Waals surface area contributed by atoms with Gasteiger partial charge >= 0.3 is 0 Å². The average molecular weight is 378 g/mol. The van der Waals surface area contributed by atoms with Gasteiger partial charge in [-0.1, -0.05) is 60.7 Å². The second-order valence-corrected chi connectivity index (χ2v) is 6.76. The fourth-order valence-corrected chi connectivity index (χ4v) is 3.58. The zero-order chi connectivity index (χ0) is 20.4. The Morgan fingerprint density at radius 2 is 1.62 bits per heavy atom. The van der Waals surface area contributed by atoms with Crippen molar-refractivity contribution in [2.45, 2.75) is 0 Å². The van der Waals surface area contributed by atoms with Crippen molar-refractivity contribution in [1.82, 2.24) is 4.57 Å². The van der Waals surface area contributed by atoms with Gasteiger partial charge in [-0.2, -0.15) is 5.26 Å². The first-order valence-corrected chi connectivity index (χ1v) is 9.18. The van der Waals surface area contributed by atoms with Gasteiger partial charge < -0.3 is 9.67 Å². The zero-order valence-electron chi connectivity index (χ0n) is 15.8. The third kappa shape index (κ3) is 3.30. The maximum atomic E-state index is 13.5. The Bertz CT molecular complexity index is 1270. The number of Topliss-reactive ketones (excluding diaryl/α,β-unsaturated/α-hetero) is 1. The van der Waals surface area contributed by atoms with E-state index in [0.29, 0.717) is 11.1 Å². The lowest BCUT2D eigenvalue weighted by Gasteiger charge is -2.08. The molecule has 0 saturated carbocycles. The first-order chi connectivity index (χ1) is 14.1. The normalized spacial score (nSPS) is 11.4. The summed E-state index contributed by atoms with van der Waals surface area (Å²) in [6.45, 7) is 0. The number of benzene rings is 3. The number of nitriles is 1. The van der Waals surface area contributed by atoms with Gasteiger partial charge in [0.05, 0.1) is 11.3 Å². The van der Waals surface area contributed by atoms with Gasteiger partial charge in [-0.15, -0.1) is 0 Å². The number of hydrogen-bond acceptors (Lipinski definition) is 3. The Kier molecular flexibility index (Phi) is 4.72. The minimum atomic E-state index is -0.323. The van der Waals surface area contributed by atoms with Gasteiger partial charge in [0.1, 0.15) is 17.4 Å². The van der Waals surface area contributed by atoms with Crippen LogP contribution in [0.25, 0.3) is 28.2 Å². The first kappa shape index (κ1) is 18.3. The van der Waals surface area contributed by atoms with Crippen molar-refractivity contribution < 1.29 is 9.90 Å². The molecule has 0 aliphatic rings. The molecule has 0 saturated heterocycles. The smallest absolute Gasteiger partial charge is 0.206 e. The lowest BCUT2D eigenvalue weighted by molar-refractivity contribution is 0.104. The number of phenolic OH excluding ortho intramolecular Hbond substituents is 1. The van der Waals surface area contributed by atoms with Crippen LogP contribution >= 0.6 is 0 Å². The number of hydrogen-bond donors (Lipinski definition) is 1. The van der Waals surface area contributed by atoms with Crippen molar-refractivity contribution in [3.63, 3.8) is 0 Å². The van der Waals surface area contributed by atoms with Gasteiger partial charge in [0.25, 0.3) is 0 Å². The van der Waals surface area contributed by atoms with Crippen LogP contribution < -0.4 is 0 Å². The summed E-state index contributed by atoms with van der Waals surface area (Å²) in [7, 11) is 1.93. The highest BCUT2D eigenvalue weighted by Crippen LogP contribution is 2.34. The van der Waals surface area contributed by atoms with Gasteiger partial charge in [-0.25, -0.2) is 0 Å². The molecule has 0 aliphatic heterocycles. The molecule has 0 aliphatic carbocycles. The van der Waals surface area contributed by atoms with Gasteiger partial charge in [-0.05, 0) is 35.4 Å². The first-order valence-electron chi connectivity index (χ1n) is 9.18. The van der Waals surface area contributed by atoms with E-state index < -0.39 is 0 Å². The number of aryl methyl sites for hydroxylation is 1. The molecule has 4 heteroatoms.